The highest BCUT2D eigenvalue weighted by molar-refractivity contribution is 5.79. The maximum Gasteiger partial charge on any atom is 0.227 e. The van der Waals surface area contributed by atoms with E-state index in [1.165, 1.54) is 17.0 Å². The minimum atomic E-state index is -1.20. The molecule has 19 heavy (non-hydrogen) atoms. The van der Waals surface area contributed by atoms with E-state index in [4.69, 9.17) is 5.11 Å². The molecule has 1 aliphatic rings. The lowest BCUT2D eigenvalue weighted by atomic mass is 9.93. The molecule has 2 N–H and O–H groups in total. The van der Waals surface area contributed by atoms with Gasteiger partial charge >= 0.3 is 0 Å². The average Bonchev–Trinajstić information content (AvgIpc) is 2.39. The Morgan fingerprint density at radius 3 is 2.95 bits per heavy atom. The van der Waals surface area contributed by atoms with Crippen LogP contribution in [0.15, 0.2) is 24.3 Å². The third-order valence-electron chi connectivity index (χ3n) is 3.45. The monoisotopic (exact) mass is 267 g/mol. The van der Waals surface area contributed by atoms with Crippen LogP contribution in [0.25, 0.3) is 0 Å². The Morgan fingerprint density at radius 1 is 1.47 bits per heavy atom. The molecule has 1 heterocycles. The zero-order chi connectivity index (χ0) is 13.9. The molecule has 0 aliphatic carbocycles. The van der Waals surface area contributed by atoms with Gasteiger partial charge in [0.15, 0.2) is 0 Å². The quantitative estimate of drug-likeness (QED) is 0.848. The second-order valence-corrected chi connectivity index (χ2v) is 5.11. The fourth-order valence-corrected chi connectivity index (χ4v) is 2.39. The molecule has 1 atom stereocenters. The molecule has 1 saturated heterocycles. The number of hydrogen-bond acceptors (Lipinski definition) is 3. The van der Waals surface area contributed by atoms with Crippen LogP contribution in [0.5, 0.6) is 0 Å². The summed E-state index contributed by atoms with van der Waals surface area (Å²) in [5, 5.41) is 19.1. The standard InChI is InChI=1S/C14H18FNO3/c15-12-4-1-3-11(7-12)8-13(18)16-6-2-5-14(19,9-16)10-17/h1,3-4,7,17,19H,2,5-6,8-10H2/t14-/m0/s1. The van der Waals surface area contributed by atoms with Gasteiger partial charge in [0.1, 0.15) is 11.4 Å². The Hall–Kier alpha value is -1.46. The number of likely N-dealkylation sites (tertiary alicyclic amines) is 1. The van der Waals surface area contributed by atoms with Crippen molar-refractivity contribution in [2.45, 2.75) is 24.9 Å². The van der Waals surface area contributed by atoms with Crippen molar-refractivity contribution in [3.05, 3.63) is 35.6 Å². The first-order valence-corrected chi connectivity index (χ1v) is 6.38. The molecule has 1 aromatic carbocycles. The van der Waals surface area contributed by atoms with E-state index >= 15 is 0 Å². The molecular formula is C14H18FNO3. The molecule has 0 spiro atoms. The SMILES string of the molecule is O=C(Cc1cccc(F)c1)N1CCC[C@@](O)(CO)C1. The Morgan fingerprint density at radius 2 is 2.26 bits per heavy atom. The highest BCUT2D eigenvalue weighted by Gasteiger charge is 2.34. The molecule has 0 aromatic heterocycles. The van der Waals surface area contributed by atoms with Crippen LogP contribution < -0.4 is 0 Å². The number of carbonyl (C=O) groups is 1. The van der Waals surface area contributed by atoms with E-state index in [9.17, 15) is 14.3 Å². The number of nitrogens with zero attached hydrogens (tertiary/aromatic N) is 1. The number of piperidine rings is 1. The second kappa shape index (κ2) is 5.67. The van der Waals surface area contributed by atoms with E-state index in [2.05, 4.69) is 0 Å². The molecule has 104 valence electrons. The Balaban J connectivity index is 2.00. The first-order chi connectivity index (χ1) is 9.02. The number of aliphatic hydroxyl groups is 2. The van der Waals surface area contributed by atoms with Gasteiger partial charge in [0.2, 0.25) is 5.91 Å². The summed E-state index contributed by atoms with van der Waals surface area (Å²) < 4.78 is 13.0. The normalized spacial score (nSPS) is 23.4. The number of benzene rings is 1. The van der Waals surface area contributed by atoms with Gasteiger partial charge in [0, 0.05) is 6.54 Å². The zero-order valence-corrected chi connectivity index (χ0v) is 10.7. The summed E-state index contributed by atoms with van der Waals surface area (Å²) in [4.78, 5) is 13.6. The first-order valence-electron chi connectivity index (χ1n) is 6.38. The topological polar surface area (TPSA) is 60.8 Å². The predicted molar refractivity (Wildman–Crippen MR) is 68.0 cm³/mol. The van der Waals surface area contributed by atoms with Gasteiger partial charge in [0.05, 0.1) is 19.6 Å². The van der Waals surface area contributed by atoms with Crippen LogP contribution in [-0.2, 0) is 11.2 Å². The molecule has 0 saturated carbocycles. The van der Waals surface area contributed by atoms with Crippen LogP contribution >= 0.6 is 0 Å². The van der Waals surface area contributed by atoms with Crippen LogP contribution in [0.1, 0.15) is 18.4 Å². The van der Waals surface area contributed by atoms with Crippen molar-refractivity contribution < 1.29 is 19.4 Å². The molecule has 0 unspecified atom stereocenters. The summed E-state index contributed by atoms with van der Waals surface area (Å²) in [6.07, 6.45) is 1.26. The van der Waals surface area contributed by atoms with Crippen molar-refractivity contribution in [2.24, 2.45) is 0 Å². The minimum absolute atomic E-state index is 0.110. The van der Waals surface area contributed by atoms with E-state index in [0.29, 0.717) is 24.9 Å². The van der Waals surface area contributed by atoms with Crippen LogP contribution in [0.4, 0.5) is 4.39 Å². The van der Waals surface area contributed by atoms with Gasteiger partial charge in [-0.25, -0.2) is 4.39 Å². The third kappa shape index (κ3) is 3.52. The van der Waals surface area contributed by atoms with Crippen molar-refractivity contribution in [1.82, 2.24) is 4.90 Å². The van der Waals surface area contributed by atoms with Crippen molar-refractivity contribution in [1.29, 1.82) is 0 Å². The molecule has 1 aliphatic heterocycles. The number of β-amino-alcohol motifs (C(OH)–C–C–N with tert-alkyl or cyclic N) is 1. The van der Waals surface area contributed by atoms with Gasteiger partial charge in [-0.1, -0.05) is 12.1 Å². The molecule has 0 radical (unpaired) electrons. The van der Waals surface area contributed by atoms with Crippen molar-refractivity contribution in [3.63, 3.8) is 0 Å². The summed E-state index contributed by atoms with van der Waals surface area (Å²) in [6.45, 7) is 0.352. The number of hydrogen-bond donors (Lipinski definition) is 2. The van der Waals surface area contributed by atoms with E-state index in [1.54, 1.807) is 12.1 Å². The lowest BCUT2D eigenvalue weighted by molar-refractivity contribution is -0.139. The van der Waals surface area contributed by atoms with E-state index < -0.39 is 5.60 Å². The fourth-order valence-electron chi connectivity index (χ4n) is 2.39. The summed E-state index contributed by atoms with van der Waals surface area (Å²) in [5.41, 5.74) is -0.585. The number of rotatable bonds is 3. The van der Waals surface area contributed by atoms with E-state index in [1.807, 2.05) is 0 Å². The van der Waals surface area contributed by atoms with E-state index in [0.717, 1.165) is 0 Å². The minimum Gasteiger partial charge on any atom is -0.393 e. The van der Waals surface area contributed by atoms with Crippen molar-refractivity contribution in [2.75, 3.05) is 19.7 Å². The van der Waals surface area contributed by atoms with Gasteiger partial charge in [-0.05, 0) is 30.5 Å². The number of amides is 1. The second-order valence-electron chi connectivity index (χ2n) is 5.11. The van der Waals surface area contributed by atoms with Gasteiger partial charge in [0.25, 0.3) is 0 Å². The molecule has 0 bridgehead atoms. The summed E-state index contributed by atoms with van der Waals surface area (Å²) in [6, 6.07) is 5.93. The Kier molecular flexibility index (Phi) is 4.17. The zero-order valence-electron chi connectivity index (χ0n) is 10.7. The largest absolute Gasteiger partial charge is 0.393 e. The molecule has 1 fully saturated rings. The molecule has 1 amide bonds. The molecule has 1 aromatic rings. The smallest absolute Gasteiger partial charge is 0.227 e. The fraction of sp³-hybridized carbons (Fsp3) is 0.500. The third-order valence-corrected chi connectivity index (χ3v) is 3.45. The number of halogens is 1. The van der Waals surface area contributed by atoms with Crippen LogP contribution in [0, 0.1) is 5.82 Å². The number of carbonyl (C=O) groups excluding carboxylic acids is 1. The Bertz CT molecular complexity index is 466. The van der Waals surface area contributed by atoms with Gasteiger partial charge < -0.3 is 15.1 Å². The van der Waals surface area contributed by atoms with Crippen LogP contribution in [0.2, 0.25) is 0 Å². The molecule has 2 rings (SSSR count). The van der Waals surface area contributed by atoms with Gasteiger partial charge in [-0.2, -0.15) is 0 Å². The highest BCUT2D eigenvalue weighted by Crippen LogP contribution is 2.21. The van der Waals surface area contributed by atoms with Crippen molar-refractivity contribution >= 4 is 5.91 Å². The average molecular weight is 267 g/mol. The summed E-state index contributed by atoms with van der Waals surface area (Å²) in [7, 11) is 0. The highest BCUT2D eigenvalue weighted by atomic mass is 19.1. The molecule has 4 nitrogen and oxygen atoms in total. The maximum atomic E-state index is 13.0. The van der Waals surface area contributed by atoms with Crippen LogP contribution in [-0.4, -0.2) is 46.3 Å². The lowest BCUT2D eigenvalue weighted by Crippen LogP contribution is -2.52. The van der Waals surface area contributed by atoms with Gasteiger partial charge in [-0.15, -0.1) is 0 Å². The van der Waals surface area contributed by atoms with E-state index in [-0.39, 0.29) is 31.3 Å². The summed E-state index contributed by atoms with van der Waals surface area (Å²) >= 11 is 0. The lowest BCUT2D eigenvalue weighted by Gasteiger charge is -2.38. The molecule has 5 heteroatoms. The number of aliphatic hydroxyl groups excluding tert-OH is 1. The molecular weight excluding hydrogens is 249 g/mol. The Labute approximate surface area is 111 Å². The maximum absolute atomic E-state index is 13.0. The summed E-state index contributed by atoms with van der Waals surface area (Å²) in [5.74, 6) is -0.520. The first kappa shape index (κ1) is 14.0. The van der Waals surface area contributed by atoms with Gasteiger partial charge in [-0.3, -0.25) is 4.79 Å². The van der Waals surface area contributed by atoms with Crippen LogP contribution in [0.3, 0.4) is 0 Å². The predicted octanol–water partition coefficient (Wildman–Crippen LogP) is 0.714. The van der Waals surface area contributed by atoms with Crippen molar-refractivity contribution in [3.8, 4) is 0 Å².